The molecule has 1 aromatic rings. The summed E-state index contributed by atoms with van der Waals surface area (Å²) in [6.07, 6.45) is 1.73. The SMILES string of the molecule is CCc1nnc(NS(=O)(=O)N(C)CCCO)nc1CC. The van der Waals surface area contributed by atoms with E-state index in [2.05, 4.69) is 19.9 Å². The third-order valence-electron chi connectivity index (χ3n) is 2.77. The molecule has 0 unspecified atom stereocenters. The van der Waals surface area contributed by atoms with Gasteiger partial charge in [-0.25, -0.2) is 9.71 Å². The minimum atomic E-state index is -3.72. The molecule has 0 atom stereocenters. The van der Waals surface area contributed by atoms with Gasteiger partial charge in [0.1, 0.15) is 0 Å². The normalized spacial score (nSPS) is 11.8. The van der Waals surface area contributed by atoms with Gasteiger partial charge in [0, 0.05) is 20.2 Å². The molecular weight excluding hydrogens is 282 g/mol. The Morgan fingerprint density at radius 1 is 1.20 bits per heavy atom. The van der Waals surface area contributed by atoms with Crippen molar-refractivity contribution in [2.75, 3.05) is 24.9 Å². The zero-order valence-electron chi connectivity index (χ0n) is 12.0. The summed E-state index contributed by atoms with van der Waals surface area (Å²) in [4.78, 5) is 4.17. The number of nitrogens with zero attached hydrogens (tertiary/aromatic N) is 4. The van der Waals surface area contributed by atoms with Crippen LogP contribution in [0, 0.1) is 0 Å². The van der Waals surface area contributed by atoms with Gasteiger partial charge in [-0.2, -0.15) is 12.7 Å². The smallest absolute Gasteiger partial charge is 0.303 e. The van der Waals surface area contributed by atoms with Gasteiger partial charge in [0.2, 0.25) is 0 Å². The maximum absolute atomic E-state index is 12.0. The predicted octanol–water partition coefficient (Wildman–Crippen LogP) is -0.0327. The molecular formula is C11H21N5O3S. The zero-order valence-corrected chi connectivity index (χ0v) is 12.8. The quantitative estimate of drug-likeness (QED) is 0.698. The van der Waals surface area contributed by atoms with Gasteiger partial charge in [0.05, 0.1) is 11.4 Å². The fraction of sp³-hybridized carbons (Fsp3) is 0.727. The van der Waals surface area contributed by atoms with Crippen molar-refractivity contribution in [3.8, 4) is 0 Å². The summed E-state index contributed by atoms with van der Waals surface area (Å²) in [6.45, 7) is 4.02. The summed E-state index contributed by atoms with van der Waals surface area (Å²) in [5, 5.41) is 16.5. The summed E-state index contributed by atoms with van der Waals surface area (Å²) < 4.78 is 27.4. The molecule has 20 heavy (non-hydrogen) atoms. The average Bonchev–Trinajstić information content (AvgIpc) is 2.43. The van der Waals surface area contributed by atoms with E-state index >= 15 is 0 Å². The van der Waals surface area contributed by atoms with Crippen LogP contribution in [0.1, 0.15) is 31.7 Å². The molecule has 8 nitrogen and oxygen atoms in total. The molecule has 1 heterocycles. The van der Waals surface area contributed by atoms with Crippen LogP contribution in [0.25, 0.3) is 0 Å². The van der Waals surface area contributed by atoms with Crippen molar-refractivity contribution in [3.05, 3.63) is 11.4 Å². The van der Waals surface area contributed by atoms with Crippen LogP contribution in [-0.4, -0.2) is 53.2 Å². The van der Waals surface area contributed by atoms with E-state index in [0.717, 1.165) is 15.7 Å². The number of aliphatic hydroxyl groups is 1. The molecule has 0 fully saturated rings. The van der Waals surface area contributed by atoms with Crippen molar-refractivity contribution in [2.24, 2.45) is 0 Å². The Labute approximate surface area is 119 Å². The average molecular weight is 303 g/mol. The summed E-state index contributed by atoms with van der Waals surface area (Å²) in [5.41, 5.74) is 1.50. The highest BCUT2D eigenvalue weighted by Gasteiger charge is 2.19. The van der Waals surface area contributed by atoms with E-state index in [4.69, 9.17) is 5.11 Å². The van der Waals surface area contributed by atoms with E-state index in [9.17, 15) is 8.42 Å². The van der Waals surface area contributed by atoms with E-state index in [0.29, 0.717) is 19.3 Å². The van der Waals surface area contributed by atoms with Crippen molar-refractivity contribution < 1.29 is 13.5 Å². The second-order valence-corrected chi connectivity index (χ2v) is 6.02. The lowest BCUT2D eigenvalue weighted by Crippen LogP contribution is -2.34. The summed E-state index contributed by atoms with van der Waals surface area (Å²) in [6, 6.07) is 0. The Morgan fingerprint density at radius 3 is 2.40 bits per heavy atom. The van der Waals surface area contributed by atoms with Crippen LogP contribution in [0.15, 0.2) is 0 Å². The Bertz CT molecular complexity index is 535. The van der Waals surface area contributed by atoms with Crippen LogP contribution in [0.5, 0.6) is 0 Å². The maximum atomic E-state index is 12.0. The van der Waals surface area contributed by atoms with Gasteiger partial charge in [-0.05, 0) is 19.3 Å². The summed E-state index contributed by atoms with van der Waals surface area (Å²) in [7, 11) is -2.30. The maximum Gasteiger partial charge on any atom is 0.303 e. The van der Waals surface area contributed by atoms with Crippen LogP contribution < -0.4 is 4.72 Å². The minimum absolute atomic E-state index is 0.0325. The summed E-state index contributed by atoms with van der Waals surface area (Å²) >= 11 is 0. The van der Waals surface area contributed by atoms with Crippen molar-refractivity contribution >= 4 is 16.2 Å². The lowest BCUT2D eigenvalue weighted by atomic mass is 10.2. The Balaban J connectivity index is 2.87. The van der Waals surface area contributed by atoms with Gasteiger partial charge < -0.3 is 5.11 Å². The lowest BCUT2D eigenvalue weighted by Gasteiger charge is -2.17. The van der Waals surface area contributed by atoms with Crippen molar-refractivity contribution in [1.82, 2.24) is 19.5 Å². The van der Waals surface area contributed by atoms with E-state index in [1.807, 2.05) is 13.8 Å². The molecule has 0 spiro atoms. The number of aliphatic hydroxyl groups excluding tert-OH is 1. The Kier molecular flexibility index (Phi) is 6.24. The fourth-order valence-corrected chi connectivity index (χ4v) is 2.43. The topological polar surface area (TPSA) is 108 Å². The van der Waals surface area contributed by atoms with Crippen LogP contribution in [0.3, 0.4) is 0 Å². The molecule has 0 aliphatic carbocycles. The van der Waals surface area contributed by atoms with Crippen LogP contribution in [-0.2, 0) is 23.1 Å². The van der Waals surface area contributed by atoms with Crippen molar-refractivity contribution in [3.63, 3.8) is 0 Å². The standard InChI is InChI=1S/C11H21N5O3S/c1-4-9-10(5-2)13-14-11(12-9)15-20(18,19)16(3)7-6-8-17/h17H,4-8H2,1-3H3,(H,12,14,15). The van der Waals surface area contributed by atoms with Gasteiger partial charge in [-0.1, -0.05) is 13.8 Å². The Hall–Kier alpha value is -1.32. The molecule has 1 aromatic heterocycles. The van der Waals surface area contributed by atoms with Gasteiger partial charge in [0.15, 0.2) is 0 Å². The van der Waals surface area contributed by atoms with Gasteiger partial charge >= 0.3 is 10.2 Å². The first kappa shape index (κ1) is 16.7. The number of anilines is 1. The number of aryl methyl sites for hydroxylation is 2. The van der Waals surface area contributed by atoms with E-state index in [1.165, 1.54) is 7.05 Å². The lowest BCUT2D eigenvalue weighted by molar-refractivity contribution is 0.276. The highest BCUT2D eigenvalue weighted by atomic mass is 32.2. The highest BCUT2D eigenvalue weighted by Crippen LogP contribution is 2.09. The molecule has 0 aliphatic heterocycles. The molecule has 2 N–H and O–H groups in total. The van der Waals surface area contributed by atoms with Gasteiger partial charge in [-0.15, -0.1) is 10.2 Å². The molecule has 9 heteroatoms. The number of hydrogen-bond donors (Lipinski definition) is 2. The van der Waals surface area contributed by atoms with E-state index in [-0.39, 0.29) is 19.1 Å². The second kappa shape index (κ2) is 7.46. The molecule has 0 amide bonds. The van der Waals surface area contributed by atoms with Crippen LogP contribution >= 0.6 is 0 Å². The summed E-state index contributed by atoms with van der Waals surface area (Å²) in [5.74, 6) is -0.0325. The highest BCUT2D eigenvalue weighted by molar-refractivity contribution is 7.90. The molecule has 0 bridgehead atoms. The molecule has 0 aromatic carbocycles. The minimum Gasteiger partial charge on any atom is -0.396 e. The first-order valence-corrected chi connectivity index (χ1v) is 7.96. The van der Waals surface area contributed by atoms with E-state index in [1.54, 1.807) is 0 Å². The van der Waals surface area contributed by atoms with Gasteiger partial charge in [-0.3, -0.25) is 0 Å². The molecule has 114 valence electrons. The molecule has 0 radical (unpaired) electrons. The monoisotopic (exact) mass is 303 g/mol. The molecule has 0 saturated heterocycles. The number of aromatic nitrogens is 3. The predicted molar refractivity (Wildman–Crippen MR) is 75.5 cm³/mol. The van der Waals surface area contributed by atoms with Crippen LogP contribution in [0.2, 0.25) is 0 Å². The van der Waals surface area contributed by atoms with E-state index < -0.39 is 10.2 Å². The van der Waals surface area contributed by atoms with Crippen LogP contribution in [0.4, 0.5) is 5.95 Å². The third kappa shape index (κ3) is 4.36. The largest absolute Gasteiger partial charge is 0.396 e. The zero-order chi connectivity index (χ0) is 15.2. The van der Waals surface area contributed by atoms with Crippen molar-refractivity contribution in [1.29, 1.82) is 0 Å². The Morgan fingerprint density at radius 2 is 1.85 bits per heavy atom. The van der Waals surface area contributed by atoms with Gasteiger partial charge in [0.25, 0.3) is 5.95 Å². The fourth-order valence-electron chi connectivity index (χ4n) is 1.59. The first-order chi connectivity index (χ1) is 9.44. The molecule has 1 rings (SSSR count). The second-order valence-electron chi connectivity index (χ2n) is 4.24. The van der Waals surface area contributed by atoms with Crippen molar-refractivity contribution in [2.45, 2.75) is 33.1 Å². The number of hydrogen-bond acceptors (Lipinski definition) is 6. The number of nitrogens with one attached hydrogen (secondary N) is 1. The first-order valence-electron chi connectivity index (χ1n) is 6.52. The third-order valence-corrected chi connectivity index (χ3v) is 4.21. The molecule has 0 saturated carbocycles. The molecule has 0 aliphatic rings. The number of rotatable bonds is 8.